The van der Waals surface area contributed by atoms with Crippen molar-refractivity contribution in [1.82, 2.24) is 15.0 Å². The van der Waals surface area contributed by atoms with Gasteiger partial charge in [-0.05, 0) is 48.0 Å². The van der Waals surface area contributed by atoms with Crippen LogP contribution in [-0.2, 0) is 6.61 Å². The van der Waals surface area contributed by atoms with Gasteiger partial charge in [-0.2, -0.15) is 5.26 Å². The van der Waals surface area contributed by atoms with Gasteiger partial charge >= 0.3 is 0 Å². The maximum absolute atomic E-state index is 9.77. The molecule has 0 bridgehead atoms. The van der Waals surface area contributed by atoms with Gasteiger partial charge in [0.15, 0.2) is 11.5 Å². The van der Waals surface area contributed by atoms with E-state index in [1.54, 1.807) is 13.2 Å². The molecular formula is C27H19ClN4O2S. The first-order valence-electron chi connectivity index (χ1n) is 10.7. The number of H-pyrrole nitrogens is 1. The van der Waals surface area contributed by atoms with Crippen LogP contribution in [-0.4, -0.2) is 22.1 Å². The Kier molecular flexibility index (Phi) is 6.49. The molecule has 2 heterocycles. The molecule has 0 radical (unpaired) electrons. The van der Waals surface area contributed by atoms with Crippen molar-refractivity contribution in [2.75, 3.05) is 7.11 Å². The van der Waals surface area contributed by atoms with E-state index in [2.05, 4.69) is 21.0 Å². The highest BCUT2D eigenvalue weighted by molar-refractivity contribution is 7.11. The van der Waals surface area contributed by atoms with E-state index in [4.69, 9.17) is 21.1 Å². The number of imidazole rings is 1. The summed E-state index contributed by atoms with van der Waals surface area (Å²) in [6.07, 6.45) is 1.79. The average Bonchev–Trinajstić information content (AvgIpc) is 3.54. The largest absolute Gasteiger partial charge is 0.493 e. The molecule has 0 fully saturated rings. The Morgan fingerprint density at radius 2 is 1.91 bits per heavy atom. The van der Waals surface area contributed by atoms with Crippen LogP contribution in [0.2, 0.25) is 5.02 Å². The zero-order valence-corrected chi connectivity index (χ0v) is 20.2. The number of para-hydroxylation sites is 2. The van der Waals surface area contributed by atoms with Gasteiger partial charge in [0.25, 0.3) is 0 Å². The summed E-state index contributed by atoms with van der Waals surface area (Å²) >= 11 is 7.40. The minimum atomic E-state index is 0.274. The van der Waals surface area contributed by atoms with Crippen molar-refractivity contribution in [2.45, 2.75) is 6.61 Å². The summed E-state index contributed by atoms with van der Waals surface area (Å²) in [5.74, 6) is 1.88. The van der Waals surface area contributed by atoms with Crippen LogP contribution < -0.4 is 9.47 Å². The van der Waals surface area contributed by atoms with Crippen LogP contribution in [0.15, 0.2) is 72.1 Å². The fraction of sp³-hybridized carbons (Fsp3) is 0.0741. The van der Waals surface area contributed by atoms with Crippen molar-refractivity contribution in [1.29, 1.82) is 5.26 Å². The van der Waals surface area contributed by atoms with E-state index in [1.807, 2.05) is 72.1 Å². The van der Waals surface area contributed by atoms with E-state index in [0.29, 0.717) is 27.1 Å². The molecule has 0 aliphatic rings. The Morgan fingerprint density at radius 3 is 2.69 bits per heavy atom. The van der Waals surface area contributed by atoms with E-state index in [0.717, 1.165) is 33.7 Å². The summed E-state index contributed by atoms with van der Waals surface area (Å²) in [7, 11) is 1.58. The summed E-state index contributed by atoms with van der Waals surface area (Å²) in [6.45, 7) is 0.274. The molecule has 6 nitrogen and oxygen atoms in total. The zero-order valence-electron chi connectivity index (χ0n) is 18.7. The molecule has 0 aliphatic heterocycles. The standard InChI is InChI=1S/C27H19ClN4O2S/c1-33-25-13-17(6-11-24(25)34-15-26-30-21-4-2-3-5-22(21)31-26)12-19(14-29)27-32-23(16-35-27)18-7-9-20(28)10-8-18/h2-13,16H,15H2,1H3,(H,30,31)/b19-12-. The number of methoxy groups -OCH3 is 1. The number of allylic oxidation sites excluding steroid dienone is 1. The van der Waals surface area contributed by atoms with E-state index in [9.17, 15) is 5.26 Å². The van der Waals surface area contributed by atoms with E-state index in [-0.39, 0.29) is 6.61 Å². The molecule has 0 saturated heterocycles. The number of thiazole rings is 1. The highest BCUT2D eigenvalue weighted by Crippen LogP contribution is 2.32. The number of aromatic nitrogens is 3. The van der Waals surface area contributed by atoms with Gasteiger partial charge in [-0.15, -0.1) is 11.3 Å². The van der Waals surface area contributed by atoms with E-state index in [1.165, 1.54) is 11.3 Å². The molecular weight excluding hydrogens is 480 g/mol. The fourth-order valence-electron chi connectivity index (χ4n) is 3.57. The van der Waals surface area contributed by atoms with Gasteiger partial charge in [-0.1, -0.05) is 41.9 Å². The van der Waals surface area contributed by atoms with Crippen molar-refractivity contribution in [3.8, 4) is 28.8 Å². The average molecular weight is 499 g/mol. The molecule has 172 valence electrons. The molecule has 2 aromatic heterocycles. The number of aromatic amines is 1. The van der Waals surface area contributed by atoms with Crippen molar-refractivity contribution in [3.05, 3.63) is 93.5 Å². The Morgan fingerprint density at radius 1 is 1.09 bits per heavy atom. The second kappa shape index (κ2) is 10.0. The quantitative estimate of drug-likeness (QED) is 0.244. The Hall–Kier alpha value is -4.12. The summed E-state index contributed by atoms with van der Waals surface area (Å²) in [5.41, 5.74) is 4.87. The molecule has 0 aliphatic carbocycles. The number of fused-ring (bicyclic) bond motifs is 1. The number of benzene rings is 3. The molecule has 0 unspecified atom stereocenters. The van der Waals surface area contributed by atoms with Crippen molar-refractivity contribution in [3.63, 3.8) is 0 Å². The van der Waals surface area contributed by atoms with Crippen molar-refractivity contribution >= 4 is 45.6 Å². The second-order valence-electron chi connectivity index (χ2n) is 7.61. The third kappa shape index (κ3) is 5.04. The lowest BCUT2D eigenvalue weighted by atomic mass is 10.1. The first-order valence-corrected chi connectivity index (χ1v) is 12.0. The number of nitrogens with one attached hydrogen (secondary N) is 1. The number of rotatable bonds is 7. The predicted octanol–water partition coefficient (Wildman–Crippen LogP) is 6.99. The SMILES string of the molecule is COc1cc(/C=C(/C#N)c2nc(-c3ccc(Cl)cc3)cs2)ccc1OCc1nc2ccccc2[nH]1. The Labute approximate surface area is 211 Å². The predicted molar refractivity (Wildman–Crippen MR) is 139 cm³/mol. The molecule has 1 N–H and O–H groups in total. The summed E-state index contributed by atoms with van der Waals surface area (Å²) < 4.78 is 11.5. The van der Waals surface area contributed by atoms with E-state index < -0.39 is 0 Å². The molecule has 0 amide bonds. The van der Waals surface area contributed by atoms with Crippen LogP contribution in [0.4, 0.5) is 0 Å². The summed E-state index contributed by atoms with van der Waals surface area (Å²) in [5, 5.41) is 13.0. The topological polar surface area (TPSA) is 83.8 Å². The second-order valence-corrected chi connectivity index (χ2v) is 8.91. The van der Waals surface area contributed by atoms with Crippen LogP contribution in [0.25, 0.3) is 33.9 Å². The minimum Gasteiger partial charge on any atom is -0.493 e. The number of ether oxygens (including phenoxy) is 2. The van der Waals surface area contributed by atoms with Crippen LogP contribution >= 0.6 is 22.9 Å². The number of hydrogen-bond donors (Lipinski definition) is 1. The zero-order chi connectivity index (χ0) is 24.2. The Balaban J connectivity index is 1.35. The normalized spacial score (nSPS) is 11.4. The molecule has 35 heavy (non-hydrogen) atoms. The highest BCUT2D eigenvalue weighted by atomic mass is 35.5. The number of halogens is 1. The van der Waals surface area contributed by atoms with Crippen molar-refractivity contribution < 1.29 is 9.47 Å². The number of nitriles is 1. The maximum atomic E-state index is 9.77. The maximum Gasteiger partial charge on any atom is 0.161 e. The van der Waals surface area contributed by atoms with Crippen LogP contribution in [0, 0.1) is 11.3 Å². The third-order valence-electron chi connectivity index (χ3n) is 5.30. The van der Waals surface area contributed by atoms with Gasteiger partial charge in [-0.25, -0.2) is 9.97 Å². The first-order chi connectivity index (χ1) is 17.1. The fourth-order valence-corrected chi connectivity index (χ4v) is 4.49. The van der Waals surface area contributed by atoms with E-state index >= 15 is 0 Å². The smallest absolute Gasteiger partial charge is 0.161 e. The first kappa shape index (κ1) is 22.7. The lowest BCUT2D eigenvalue weighted by Gasteiger charge is -2.10. The van der Waals surface area contributed by atoms with Crippen LogP contribution in [0.3, 0.4) is 0 Å². The lowest BCUT2D eigenvalue weighted by molar-refractivity contribution is 0.277. The van der Waals surface area contributed by atoms with Gasteiger partial charge in [0.2, 0.25) is 0 Å². The van der Waals surface area contributed by atoms with Gasteiger partial charge in [-0.3, -0.25) is 0 Å². The number of hydrogen-bond acceptors (Lipinski definition) is 6. The monoisotopic (exact) mass is 498 g/mol. The minimum absolute atomic E-state index is 0.274. The molecule has 3 aromatic carbocycles. The molecule has 5 aromatic rings. The summed E-state index contributed by atoms with van der Waals surface area (Å²) in [6, 6.07) is 23.1. The van der Waals surface area contributed by atoms with Crippen LogP contribution in [0.5, 0.6) is 11.5 Å². The van der Waals surface area contributed by atoms with Crippen molar-refractivity contribution in [2.24, 2.45) is 0 Å². The van der Waals surface area contributed by atoms with Crippen LogP contribution in [0.1, 0.15) is 16.4 Å². The molecule has 0 atom stereocenters. The van der Waals surface area contributed by atoms with Gasteiger partial charge < -0.3 is 14.5 Å². The molecule has 5 rings (SSSR count). The molecule has 0 saturated carbocycles. The Bertz CT molecular complexity index is 1530. The number of nitrogens with zero attached hydrogens (tertiary/aromatic N) is 3. The van der Waals surface area contributed by atoms with Gasteiger partial charge in [0.1, 0.15) is 23.5 Å². The summed E-state index contributed by atoms with van der Waals surface area (Å²) in [4.78, 5) is 12.4. The molecule has 8 heteroatoms. The van der Waals surface area contributed by atoms with Gasteiger partial charge in [0, 0.05) is 16.0 Å². The third-order valence-corrected chi connectivity index (χ3v) is 6.42. The molecule has 0 spiro atoms. The van der Waals surface area contributed by atoms with Gasteiger partial charge in [0.05, 0.1) is 29.4 Å². The highest BCUT2D eigenvalue weighted by Gasteiger charge is 2.12. The lowest BCUT2D eigenvalue weighted by Crippen LogP contribution is -1.99.